The maximum atomic E-state index is 12.6. The molecule has 3 rings (SSSR count). The highest BCUT2D eigenvalue weighted by Gasteiger charge is 2.24. The molecule has 2 amide bonds. The van der Waals surface area contributed by atoms with E-state index in [2.05, 4.69) is 6.92 Å². The second-order valence-corrected chi connectivity index (χ2v) is 7.97. The molecule has 7 heteroatoms. The van der Waals surface area contributed by atoms with E-state index in [0.29, 0.717) is 29.6 Å². The smallest absolute Gasteiger partial charge is 0.340 e. The average Bonchev–Trinajstić information content (AvgIpc) is 3.25. The predicted octanol–water partition coefficient (Wildman–Crippen LogP) is 3.44. The Hall–Kier alpha value is -2.67. The molecular formula is C21H24N2O4S. The van der Waals surface area contributed by atoms with Crippen LogP contribution in [-0.4, -0.2) is 49.4 Å². The monoisotopic (exact) mass is 400 g/mol. The molecule has 1 unspecified atom stereocenters. The first kappa shape index (κ1) is 20.1. The van der Waals surface area contributed by atoms with Gasteiger partial charge in [0.2, 0.25) is 0 Å². The number of amides is 2. The zero-order chi connectivity index (χ0) is 20.1. The standard InChI is InChI=1S/C21H24N2O4S/c1-15-7-5-11-23(13-15)19(24)14-27-21(26)16-8-3-4-9-17(16)22(2)20(25)18-10-6-12-28-18/h3-4,6,8-10,12,15H,5,7,11,13-14H2,1-2H3. The van der Waals surface area contributed by atoms with E-state index in [9.17, 15) is 14.4 Å². The van der Waals surface area contributed by atoms with Gasteiger partial charge in [-0.05, 0) is 42.3 Å². The Bertz CT molecular complexity index is 850. The number of benzene rings is 1. The van der Waals surface area contributed by atoms with E-state index in [4.69, 9.17) is 4.74 Å². The fourth-order valence-corrected chi connectivity index (χ4v) is 4.02. The van der Waals surface area contributed by atoms with Gasteiger partial charge in [-0.15, -0.1) is 11.3 Å². The molecule has 1 aliphatic rings. The Kier molecular flexibility index (Phi) is 6.46. The molecule has 2 aromatic rings. The van der Waals surface area contributed by atoms with Gasteiger partial charge in [-0.25, -0.2) is 4.79 Å². The lowest BCUT2D eigenvalue weighted by atomic mass is 10.0. The van der Waals surface area contributed by atoms with E-state index in [1.165, 1.54) is 16.2 Å². The number of esters is 1. The van der Waals surface area contributed by atoms with Gasteiger partial charge in [0, 0.05) is 20.1 Å². The van der Waals surface area contributed by atoms with Gasteiger partial charge in [0.1, 0.15) is 0 Å². The van der Waals surface area contributed by atoms with E-state index in [1.807, 2.05) is 5.38 Å². The lowest BCUT2D eigenvalue weighted by molar-refractivity contribution is -0.136. The summed E-state index contributed by atoms with van der Waals surface area (Å²) in [5.74, 6) is -0.528. The Morgan fingerprint density at radius 1 is 1.21 bits per heavy atom. The summed E-state index contributed by atoms with van der Waals surface area (Å²) in [6.45, 7) is 3.23. The third-order valence-corrected chi connectivity index (χ3v) is 5.72. The number of ether oxygens (including phenoxy) is 1. The molecule has 6 nitrogen and oxygen atoms in total. The van der Waals surface area contributed by atoms with E-state index in [0.717, 1.165) is 12.8 Å². The summed E-state index contributed by atoms with van der Waals surface area (Å²) < 4.78 is 5.27. The second-order valence-electron chi connectivity index (χ2n) is 7.02. The Morgan fingerprint density at radius 3 is 2.71 bits per heavy atom. The molecule has 0 N–H and O–H groups in total. The first-order valence-electron chi connectivity index (χ1n) is 9.33. The number of carbonyl (C=O) groups excluding carboxylic acids is 3. The van der Waals surface area contributed by atoms with Crippen LogP contribution in [0.2, 0.25) is 0 Å². The summed E-state index contributed by atoms with van der Waals surface area (Å²) >= 11 is 1.34. The van der Waals surface area contributed by atoms with Crippen molar-refractivity contribution in [3.05, 3.63) is 52.2 Å². The van der Waals surface area contributed by atoms with Crippen LogP contribution in [0.5, 0.6) is 0 Å². The zero-order valence-corrected chi connectivity index (χ0v) is 16.9. The van der Waals surface area contributed by atoms with Crippen LogP contribution < -0.4 is 4.90 Å². The fourth-order valence-electron chi connectivity index (χ4n) is 3.33. The maximum Gasteiger partial charge on any atom is 0.340 e. The van der Waals surface area contributed by atoms with Crippen molar-refractivity contribution in [1.82, 2.24) is 4.90 Å². The van der Waals surface area contributed by atoms with Crippen LogP contribution in [-0.2, 0) is 9.53 Å². The predicted molar refractivity (Wildman–Crippen MR) is 109 cm³/mol. The number of carbonyl (C=O) groups is 3. The number of rotatable bonds is 5. The average molecular weight is 401 g/mol. The van der Waals surface area contributed by atoms with Crippen LogP contribution in [0.15, 0.2) is 41.8 Å². The van der Waals surface area contributed by atoms with Crippen LogP contribution in [0.25, 0.3) is 0 Å². The largest absolute Gasteiger partial charge is 0.452 e. The fraction of sp³-hybridized carbons (Fsp3) is 0.381. The summed E-state index contributed by atoms with van der Waals surface area (Å²) in [6, 6.07) is 10.3. The third-order valence-electron chi connectivity index (χ3n) is 4.86. The van der Waals surface area contributed by atoms with E-state index in [-0.39, 0.29) is 24.0 Å². The van der Waals surface area contributed by atoms with Crippen LogP contribution in [0, 0.1) is 5.92 Å². The van der Waals surface area contributed by atoms with Gasteiger partial charge >= 0.3 is 5.97 Å². The van der Waals surface area contributed by atoms with Gasteiger partial charge in [-0.1, -0.05) is 25.1 Å². The molecule has 0 aliphatic carbocycles. The summed E-state index contributed by atoms with van der Waals surface area (Å²) in [7, 11) is 1.62. The van der Waals surface area contributed by atoms with E-state index < -0.39 is 5.97 Å². The number of likely N-dealkylation sites (tertiary alicyclic amines) is 1. The van der Waals surface area contributed by atoms with Crippen molar-refractivity contribution in [2.45, 2.75) is 19.8 Å². The molecule has 1 aromatic carbocycles. The highest BCUT2D eigenvalue weighted by molar-refractivity contribution is 7.12. The molecule has 0 saturated carbocycles. The lowest BCUT2D eigenvalue weighted by Gasteiger charge is -2.30. The van der Waals surface area contributed by atoms with Crippen molar-refractivity contribution in [1.29, 1.82) is 0 Å². The van der Waals surface area contributed by atoms with Gasteiger partial charge < -0.3 is 14.5 Å². The molecule has 0 radical (unpaired) electrons. The van der Waals surface area contributed by atoms with Crippen molar-refractivity contribution in [2.24, 2.45) is 5.92 Å². The normalized spacial score (nSPS) is 16.5. The molecule has 148 valence electrons. The topological polar surface area (TPSA) is 66.9 Å². The van der Waals surface area contributed by atoms with Gasteiger partial charge in [-0.2, -0.15) is 0 Å². The summed E-state index contributed by atoms with van der Waals surface area (Å²) in [6.07, 6.45) is 2.08. The Morgan fingerprint density at radius 2 is 2.00 bits per heavy atom. The summed E-state index contributed by atoms with van der Waals surface area (Å²) in [4.78, 5) is 41.3. The van der Waals surface area contributed by atoms with Gasteiger partial charge in [0.15, 0.2) is 6.61 Å². The molecule has 0 bridgehead atoms. The molecule has 2 heterocycles. The maximum absolute atomic E-state index is 12.6. The van der Waals surface area contributed by atoms with Crippen molar-refractivity contribution >= 4 is 34.8 Å². The minimum atomic E-state index is -0.611. The molecule has 1 fully saturated rings. The Balaban J connectivity index is 1.67. The Labute approximate surface area is 168 Å². The first-order chi connectivity index (χ1) is 13.5. The third kappa shape index (κ3) is 4.59. The van der Waals surface area contributed by atoms with E-state index >= 15 is 0 Å². The van der Waals surface area contributed by atoms with E-state index in [1.54, 1.807) is 48.3 Å². The number of anilines is 1. The SMILES string of the molecule is CC1CCCN(C(=O)COC(=O)c2ccccc2N(C)C(=O)c2cccs2)C1. The molecule has 1 aromatic heterocycles. The number of hydrogen-bond acceptors (Lipinski definition) is 5. The number of nitrogens with zero attached hydrogens (tertiary/aromatic N) is 2. The molecule has 1 aliphatic heterocycles. The number of thiophene rings is 1. The quantitative estimate of drug-likeness (QED) is 0.721. The molecule has 28 heavy (non-hydrogen) atoms. The van der Waals surface area contributed by atoms with Crippen LogP contribution >= 0.6 is 11.3 Å². The van der Waals surface area contributed by atoms with Crippen molar-refractivity contribution in [3.8, 4) is 0 Å². The molecule has 1 saturated heterocycles. The minimum Gasteiger partial charge on any atom is -0.452 e. The number of para-hydroxylation sites is 1. The van der Waals surface area contributed by atoms with Crippen LogP contribution in [0.4, 0.5) is 5.69 Å². The first-order valence-corrected chi connectivity index (χ1v) is 10.2. The highest BCUT2D eigenvalue weighted by atomic mass is 32.1. The van der Waals surface area contributed by atoms with Crippen molar-refractivity contribution in [2.75, 3.05) is 31.6 Å². The van der Waals surface area contributed by atoms with Crippen LogP contribution in [0.1, 0.15) is 39.8 Å². The van der Waals surface area contributed by atoms with Gasteiger partial charge in [0.05, 0.1) is 16.1 Å². The molecule has 0 spiro atoms. The van der Waals surface area contributed by atoms with Crippen molar-refractivity contribution < 1.29 is 19.1 Å². The zero-order valence-electron chi connectivity index (χ0n) is 16.1. The highest BCUT2D eigenvalue weighted by Crippen LogP contribution is 2.23. The summed E-state index contributed by atoms with van der Waals surface area (Å²) in [5, 5.41) is 1.83. The molecular weight excluding hydrogens is 376 g/mol. The minimum absolute atomic E-state index is 0.180. The van der Waals surface area contributed by atoms with Crippen molar-refractivity contribution in [3.63, 3.8) is 0 Å². The van der Waals surface area contributed by atoms with Gasteiger partial charge in [0.25, 0.3) is 11.8 Å². The lowest BCUT2D eigenvalue weighted by Crippen LogP contribution is -2.41. The number of piperidine rings is 1. The second kappa shape index (κ2) is 9.01. The van der Waals surface area contributed by atoms with Crippen LogP contribution in [0.3, 0.4) is 0 Å². The van der Waals surface area contributed by atoms with Gasteiger partial charge in [-0.3, -0.25) is 9.59 Å². The summed E-state index contributed by atoms with van der Waals surface area (Å²) in [5.41, 5.74) is 0.708. The molecule has 1 atom stereocenters. The number of hydrogen-bond donors (Lipinski definition) is 0.